The molecule has 150 valence electrons. The first-order valence-electron chi connectivity index (χ1n) is 9.25. The average Bonchev–Trinajstić information content (AvgIpc) is 3.11. The molecule has 0 aliphatic carbocycles. The lowest BCUT2D eigenvalue weighted by molar-refractivity contribution is -0.129. The fourth-order valence-corrected chi connectivity index (χ4v) is 3.27. The number of hydrogen-bond acceptors (Lipinski definition) is 4. The molecule has 0 amide bonds. The highest BCUT2D eigenvalue weighted by atomic mass is 35.5. The number of para-hydroxylation sites is 1. The molecule has 0 radical (unpaired) electrons. The van der Waals surface area contributed by atoms with Crippen molar-refractivity contribution in [1.82, 2.24) is 0 Å². The Morgan fingerprint density at radius 2 is 1.77 bits per heavy atom. The lowest BCUT2D eigenvalue weighted by atomic mass is 10.1. The molecule has 0 N–H and O–H groups in total. The van der Waals surface area contributed by atoms with Gasteiger partial charge in [-0.1, -0.05) is 65.7 Å². The van der Waals surface area contributed by atoms with Crippen molar-refractivity contribution < 1.29 is 14.3 Å². The topological polar surface area (TPSA) is 47.9 Å². The predicted octanol–water partition coefficient (Wildman–Crippen LogP) is 6.23. The number of esters is 1. The molecule has 0 aromatic heterocycles. The number of benzene rings is 3. The largest absolute Gasteiger partial charge is 0.488 e. The van der Waals surface area contributed by atoms with Gasteiger partial charge in [0, 0.05) is 11.1 Å². The summed E-state index contributed by atoms with van der Waals surface area (Å²) in [7, 11) is 0. The summed E-state index contributed by atoms with van der Waals surface area (Å²) < 4.78 is 11.3. The van der Waals surface area contributed by atoms with Gasteiger partial charge in [0.25, 0.3) is 0 Å². The van der Waals surface area contributed by atoms with Crippen molar-refractivity contribution in [2.45, 2.75) is 13.5 Å². The summed E-state index contributed by atoms with van der Waals surface area (Å²) in [5.74, 6) is 0.298. The summed E-state index contributed by atoms with van der Waals surface area (Å²) in [6.45, 7) is 2.47. The van der Waals surface area contributed by atoms with Crippen LogP contribution in [0.5, 0.6) is 5.75 Å². The highest BCUT2D eigenvalue weighted by Gasteiger charge is 2.25. The van der Waals surface area contributed by atoms with Gasteiger partial charge in [-0.15, -0.1) is 0 Å². The number of aryl methyl sites for hydroxylation is 1. The zero-order valence-electron chi connectivity index (χ0n) is 16.1. The normalized spacial score (nSPS) is 14.6. The van der Waals surface area contributed by atoms with E-state index in [1.165, 1.54) is 0 Å². The van der Waals surface area contributed by atoms with E-state index in [0.717, 1.165) is 16.7 Å². The molecule has 3 aromatic carbocycles. The molecule has 0 atom stereocenters. The molecule has 4 nitrogen and oxygen atoms in total. The molecule has 0 bridgehead atoms. The first-order valence-corrected chi connectivity index (χ1v) is 10.0. The van der Waals surface area contributed by atoms with E-state index in [1.807, 2.05) is 55.5 Å². The van der Waals surface area contributed by atoms with Gasteiger partial charge in [-0.2, -0.15) is 0 Å². The lowest BCUT2D eigenvalue weighted by Crippen LogP contribution is -2.05. The minimum absolute atomic E-state index is 0.183. The van der Waals surface area contributed by atoms with Crippen LogP contribution in [0.1, 0.15) is 22.3 Å². The van der Waals surface area contributed by atoms with Gasteiger partial charge in [0.1, 0.15) is 12.4 Å². The Hall–Kier alpha value is -3.08. The summed E-state index contributed by atoms with van der Waals surface area (Å²) in [6, 6.07) is 20.4. The first kappa shape index (κ1) is 20.2. The van der Waals surface area contributed by atoms with Gasteiger partial charge in [0.2, 0.25) is 5.90 Å². The van der Waals surface area contributed by atoms with Crippen LogP contribution in [0.4, 0.5) is 0 Å². The Morgan fingerprint density at radius 3 is 2.57 bits per heavy atom. The molecular formula is C24H17Cl2NO3. The van der Waals surface area contributed by atoms with E-state index in [-0.39, 0.29) is 11.6 Å². The van der Waals surface area contributed by atoms with Crippen LogP contribution in [-0.4, -0.2) is 11.9 Å². The number of rotatable bonds is 5. The number of carbonyl (C=O) groups is 1. The van der Waals surface area contributed by atoms with E-state index in [9.17, 15) is 4.79 Å². The highest BCUT2D eigenvalue weighted by Crippen LogP contribution is 2.28. The van der Waals surface area contributed by atoms with Crippen molar-refractivity contribution in [3.63, 3.8) is 0 Å². The molecule has 0 spiro atoms. The number of nitrogens with zero attached hydrogens (tertiary/aromatic N) is 1. The van der Waals surface area contributed by atoms with Crippen molar-refractivity contribution in [3.8, 4) is 5.75 Å². The minimum Gasteiger partial charge on any atom is -0.488 e. The third-order valence-electron chi connectivity index (χ3n) is 4.64. The second kappa shape index (κ2) is 8.74. The zero-order chi connectivity index (χ0) is 21.1. The van der Waals surface area contributed by atoms with Crippen molar-refractivity contribution in [2.24, 2.45) is 4.99 Å². The van der Waals surface area contributed by atoms with Crippen LogP contribution in [0.25, 0.3) is 6.08 Å². The average molecular weight is 438 g/mol. The second-order valence-electron chi connectivity index (χ2n) is 6.72. The monoisotopic (exact) mass is 437 g/mol. The third kappa shape index (κ3) is 4.40. The number of carbonyl (C=O) groups excluding carboxylic acids is 1. The smallest absolute Gasteiger partial charge is 0.363 e. The SMILES string of the molecule is Cc1ccccc1COc1ccccc1/C=C1\N=C(c2ccc(Cl)c(Cl)c2)OC1=O. The van der Waals surface area contributed by atoms with Crippen molar-refractivity contribution in [2.75, 3.05) is 0 Å². The van der Waals surface area contributed by atoms with E-state index in [2.05, 4.69) is 4.99 Å². The van der Waals surface area contributed by atoms with Crippen molar-refractivity contribution >= 4 is 41.1 Å². The molecule has 1 aliphatic heterocycles. The summed E-state index contributed by atoms with van der Waals surface area (Å²) in [6.07, 6.45) is 1.65. The Morgan fingerprint density at radius 1 is 1.00 bits per heavy atom. The van der Waals surface area contributed by atoms with E-state index in [0.29, 0.717) is 28.0 Å². The van der Waals surface area contributed by atoms with Crippen molar-refractivity contribution in [3.05, 3.63) is 105 Å². The number of hydrogen-bond donors (Lipinski definition) is 0. The maximum Gasteiger partial charge on any atom is 0.363 e. The fraction of sp³-hybridized carbons (Fsp3) is 0.0833. The molecule has 0 unspecified atom stereocenters. The Kier molecular flexibility index (Phi) is 5.88. The van der Waals surface area contributed by atoms with Gasteiger partial charge in [-0.3, -0.25) is 0 Å². The minimum atomic E-state index is -0.537. The third-order valence-corrected chi connectivity index (χ3v) is 5.38. The van der Waals surface area contributed by atoms with Gasteiger partial charge < -0.3 is 9.47 Å². The molecule has 1 heterocycles. The quantitative estimate of drug-likeness (QED) is 0.351. The van der Waals surface area contributed by atoms with Crippen LogP contribution in [0.3, 0.4) is 0 Å². The maximum absolute atomic E-state index is 12.3. The molecule has 0 saturated carbocycles. The van der Waals surface area contributed by atoms with E-state index >= 15 is 0 Å². The molecule has 0 saturated heterocycles. The number of halogens is 2. The van der Waals surface area contributed by atoms with Crippen LogP contribution < -0.4 is 4.74 Å². The van der Waals surface area contributed by atoms with Gasteiger partial charge in [-0.25, -0.2) is 9.79 Å². The molecule has 3 aromatic rings. The molecule has 6 heteroatoms. The maximum atomic E-state index is 12.3. The molecule has 0 fully saturated rings. The Balaban J connectivity index is 1.60. The zero-order valence-corrected chi connectivity index (χ0v) is 17.6. The molecule has 30 heavy (non-hydrogen) atoms. The number of cyclic esters (lactones) is 1. The van der Waals surface area contributed by atoms with Crippen LogP contribution in [0.2, 0.25) is 10.0 Å². The van der Waals surface area contributed by atoms with Crippen LogP contribution in [0, 0.1) is 6.92 Å². The first-order chi connectivity index (χ1) is 14.5. The molecule has 1 aliphatic rings. The van der Waals surface area contributed by atoms with Gasteiger partial charge in [0.05, 0.1) is 10.0 Å². The summed E-state index contributed by atoms with van der Waals surface area (Å²) in [5.41, 5.74) is 3.74. The molecule has 4 rings (SSSR count). The predicted molar refractivity (Wildman–Crippen MR) is 119 cm³/mol. The Labute approximate surface area is 184 Å². The standard InChI is InChI=1S/C24H17Cl2NO3/c1-15-6-2-3-8-18(15)14-29-22-9-5-4-7-16(22)13-21-24(28)30-23(27-21)17-10-11-19(25)20(26)12-17/h2-13H,14H2,1H3/b21-13-. The van der Waals surface area contributed by atoms with Crippen LogP contribution in [-0.2, 0) is 16.1 Å². The van der Waals surface area contributed by atoms with Gasteiger partial charge in [-0.05, 0) is 48.4 Å². The van der Waals surface area contributed by atoms with Gasteiger partial charge in [0.15, 0.2) is 5.70 Å². The number of ether oxygens (including phenoxy) is 2. The highest BCUT2D eigenvalue weighted by molar-refractivity contribution is 6.42. The number of aliphatic imine (C=N–C) groups is 1. The summed E-state index contributed by atoms with van der Waals surface area (Å²) in [5, 5.41) is 0.779. The van der Waals surface area contributed by atoms with E-state index in [1.54, 1.807) is 24.3 Å². The summed E-state index contributed by atoms with van der Waals surface area (Å²) in [4.78, 5) is 16.7. The van der Waals surface area contributed by atoms with E-state index in [4.69, 9.17) is 32.7 Å². The van der Waals surface area contributed by atoms with E-state index < -0.39 is 5.97 Å². The van der Waals surface area contributed by atoms with Crippen molar-refractivity contribution in [1.29, 1.82) is 0 Å². The van der Waals surface area contributed by atoms with Gasteiger partial charge >= 0.3 is 5.97 Å². The fourth-order valence-electron chi connectivity index (χ4n) is 2.97. The second-order valence-corrected chi connectivity index (χ2v) is 7.53. The molecular weight excluding hydrogens is 421 g/mol. The lowest BCUT2D eigenvalue weighted by Gasteiger charge is -2.11. The van der Waals surface area contributed by atoms with Crippen LogP contribution >= 0.6 is 23.2 Å². The Bertz CT molecular complexity index is 1180. The summed E-state index contributed by atoms with van der Waals surface area (Å²) >= 11 is 12.0. The van der Waals surface area contributed by atoms with Crippen LogP contribution in [0.15, 0.2) is 77.4 Å².